The Morgan fingerprint density at radius 2 is 1.69 bits per heavy atom. The van der Waals surface area contributed by atoms with Gasteiger partial charge in [-0.1, -0.05) is 12.1 Å². The van der Waals surface area contributed by atoms with Crippen molar-refractivity contribution in [2.75, 3.05) is 42.2 Å². The van der Waals surface area contributed by atoms with Crippen LogP contribution in [0.1, 0.15) is 18.4 Å². The molecule has 1 amide bonds. The van der Waals surface area contributed by atoms with Gasteiger partial charge < -0.3 is 15.0 Å². The van der Waals surface area contributed by atoms with Crippen LogP contribution in [0.5, 0.6) is 5.75 Å². The first-order valence-corrected chi connectivity index (χ1v) is 11.4. The molecule has 1 N–H and O–H groups in total. The van der Waals surface area contributed by atoms with Crippen molar-refractivity contribution in [3.05, 3.63) is 54.1 Å². The van der Waals surface area contributed by atoms with Crippen molar-refractivity contribution >= 4 is 27.3 Å². The number of ether oxygens (including phenoxy) is 1. The maximum absolute atomic E-state index is 12.4. The summed E-state index contributed by atoms with van der Waals surface area (Å²) < 4.78 is 30.5. The molecule has 0 bridgehead atoms. The molecule has 0 aliphatic carbocycles. The van der Waals surface area contributed by atoms with E-state index in [0.717, 1.165) is 29.2 Å². The lowest BCUT2D eigenvalue weighted by Gasteiger charge is -2.22. The van der Waals surface area contributed by atoms with Crippen molar-refractivity contribution in [1.29, 1.82) is 0 Å². The topological polar surface area (TPSA) is 79.0 Å². The molecule has 1 aliphatic rings. The zero-order chi connectivity index (χ0) is 20.9. The van der Waals surface area contributed by atoms with E-state index in [2.05, 4.69) is 22.3 Å². The van der Waals surface area contributed by atoms with E-state index in [9.17, 15) is 13.2 Å². The summed E-state index contributed by atoms with van der Waals surface area (Å²) >= 11 is 0. The van der Waals surface area contributed by atoms with E-state index in [1.165, 1.54) is 25.6 Å². The minimum atomic E-state index is -3.60. The van der Waals surface area contributed by atoms with Gasteiger partial charge in [-0.05, 0) is 54.8 Å². The summed E-state index contributed by atoms with van der Waals surface area (Å²) in [4.78, 5) is 14.7. The van der Waals surface area contributed by atoms with E-state index in [0.29, 0.717) is 18.0 Å². The number of carbonyl (C=O) groups excluding carboxylic acids is 1. The van der Waals surface area contributed by atoms with Gasteiger partial charge in [-0.15, -0.1) is 0 Å². The summed E-state index contributed by atoms with van der Waals surface area (Å²) in [5, 5.41) is 2.80. The number of anilines is 2. The molecule has 0 spiro atoms. The number of nitrogens with one attached hydrogen (secondary N) is 1. The Labute approximate surface area is 172 Å². The SMILES string of the molecule is COc1ccc(N(CC(=O)NCc2ccc(N3CCCC3)cc2)S(C)(=O)=O)cc1. The quantitative estimate of drug-likeness (QED) is 0.713. The first kappa shape index (κ1) is 21.0. The van der Waals surface area contributed by atoms with Crippen molar-refractivity contribution in [2.24, 2.45) is 0 Å². The van der Waals surface area contributed by atoms with Gasteiger partial charge >= 0.3 is 0 Å². The summed E-state index contributed by atoms with van der Waals surface area (Å²) in [6.07, 6.45) is 3.53. The standard InChI is InChI=1S/C21H27N3O4S/c1-28-20-11-9-19(10-12-20)24(29(2,26)27)16-21(25)22-15-17-5-7-18(8-6-17)23-13-3-4-14-23/h5-12H,3-4,13-16H2,1-2H3,(H,22,25). The molecule has 0 saturated carbocycles. The van der Waals surface area contributed by atoms with Gasteiger partial charge in [-0.2, -0.15) is 0 Å². The number of hydrogen-bond donors (Lipinski definition) is 1. The molecular weight excluding hydrogens is 390 g/mol. The van der Waals surface area contributed by atoms with Crippen LogP contribution in [0.15, 0.2) is 48.5 Å². The first-order chi connectivity index (χ1) is 13.9. The molecule has 0 radical (unpaired) electrons. The number of methoxy groups -OCH3 is 1. The molecule has 0 unspecified atom stereocenters. The fourth-order valence-electron chi connectivity index (χ4n) is 3.34. The second-order valence-electron chi connectivity index (χ2n) is 7.10. The van der Waals surface area contributed by atoms with Crippen LogP contribution in [0.2, 0.25) is 0 Å². The number of benzene rings is 2. The molecule has 7 nitrogen and oxygen atoms in total. The van der Waals surface area contributed by atoms with Gasteiger partial charge in [-0.25, -0.2) is 8.42 Å². The monoisotopic (exact) mass is 417 g/mol. The smallest absolute Gasteiger partial charge is 0.241 e. The zero-order valence-electron chi connectivity index (χ0n) is 16.8. The summed E-state index contributed by atoms with van der Waals surface area (Å²) in [5.74, 6) is 0.249. The highest BCUT2D eigenvalue weighted by Crippen LogP contribution is 2.22. The molecule has 0 atom stereocenters. The van der Waals surface area contributed by atoms with Crippen LogP contribution in [-0.4, -0.2) is 47.3 Å². The predicted octanol–water partition coefficient (Wildman–Crippen LogP) is 2.38. The molecule has 2 aromatic carbocycles. The van der Waals surface area contributed by atoms with Gasteiger partial charge in [0.2, 0.25) is 15.9 Å². The van der Waals surface area contributed by atoms with Crippen LogP contribution in [-0.2, 0) is 21.4 Å². The second-order valence-corrected chi connectivity index (χ2v) is 9.01. The minimum absolute atomic E-state index is 0.281. The third kappa shape index (κ3) is 5.63. The van der Waals surface area contributed by atoms with Crippen LogP contribution < -0.4 is 19.3 Å². The summed E-state index contributed by atoms with van der Waals surface area (Å²) in [6, 6.07) is 14.7. The highest BCUT2D eigenvalue weighted by molar-refractivity contribution is 7.92. The van der Waals surface area contributed by atoms with Crippen molar-refractivity contribution in [3.8, 4) is 5.75 Å². The number of amides is 1. The number of hydrogen-bond acceptors (Lipinski definition) is 5. The molecule has 1 fully saturated rings. The van der Waals surface area contributed by atoms with Gasteiger partial charge in [0, 0.05) is 25.3 Å². The average Bonchev–Trinajstić information content (AvgIpc) is 3.25. The molecule has 2 aromatic rings. The Kier molecular flexibility index (Phi) is 6.64. The van der Waals surface area contributed by atoms with E-state index in [-0.39, 0.29) is 12.5 Å². The minimum Gasteiger partial charge on any atom is -0.497 e. The van der Waals surface area contributed by atoms with E-state index in [1.54, 1.807) is 24.3 Å². The third-order valence-corrected chi connectivity index (χ3v) is 6.09. The summed E-state index contributed by atoms with van der Waals surface area (Å²) in [7, 11) is -2.07. The second kappa shape index (κ2) is 9.17. The van der Waals surface area contributed by atoms with E-state index in [4.69, 9.17) is 4.74 Å². The number of carbonyl (C=O) groups is 1. The maximum Gasteiger partial charge on any atom is 0.241 e. The number of rotatable bonds is 8. The molecule has 1 saturated heterocycles. The normalized spacial score (nSPS) is 13.9. The van der Waals surface area contributed by atoms with E-state index in [1.807, 2.05) is 12.1 Å². The van der Waals surface area contributed by atoms with Gasteiger partial charge in [0.1, 0.15) is 12.3 Å². The van der Waals surface area contributed by atoms with Crippen LogP contribution >= 0.6 is 0 Å². The van der Waals surface area contributed by atoms with E-state index >= 15 is 0 Å². The maximum atomic E-state index is 12.4. The van der Waals surface area contributed by atoms with Gasteiger partial charge in [0.25, 0.3) is 0 Å². The number of sulfonamides is 1. The van der Waals surface area contributed by atoms with Crippen molar-refractivity contribution in [2.45, 2.75) is 19.4 Å². The Bertz CT molecular complexity index is 921. The zero-order valence-corrected chi connectivity index (χ0v) is 17.6. The van der Waals surface area contributed by atoms with Crippen molar-refractivity contribution < 1.29 is 17.9 Å². The lowest BCUT2D eigenvalue weighted by Crippen LogP contribution is -2.40. The van der Waals surface area contributed by atoms with Crippen LogP contribution in [0, 0.1) is 0 Å². The van der Waals surface area contributed by atoms with E-state index < -0.39 is 10.0 Å². The van der Waals surface area contributed by atoms with Gasteiger partial charge in [0.05, 0.1) is 19.1 Å². The molecule has 8 heteroatoms. The molecule has 0 aromatic heterocycles. The van der Waals surface area contributed by atoms with Crippen LogP contribution in [0.3, 0.4) is 0 Å². The Balaban J connectivity index is 1.59. The Hall–Kier alpha value is -2.74. The van der Waals surface area contributed by atoms with Crippen molar-refractivity contribution in [3.63, 3.8) is 0 Å². The Morgan fingerprint density at radius 1 is 1.07 bits per heavy atom. The summed E-state index contributed by atoms with van der Waals surface area (Å²) in [6.45, 7) is 2.24. The third-order valence-electron chi connectivity index (χ3n) is 4.95. The summed E-state index contributed by atoms with van der Waals surface area (Å²) in [5.41, 5.74) is 2.58. The lowest BCUT2D eigenvalue weighted by atomic mass is 10.2. The van der Waals surface area contributed by atoms with Gasteiger partial charge in [-0.3, -0.25) is 9.10 Å². The average molecular weight is 418 g/mol. The predicted molar refractivity (Wildman–Crippen MR) is 115 cm³/mol. The highest BCUT2D eigenvalue weighted by Gasteiger charge is 2.21. The highest BCUT2D eigenvalue weighted by atomic mass is 32.2. The van der Waals surface area contributed by atoms with Crippen molar-refractivity contribution in [1.82, 2.24) is 5.32 Å². The van der Waals surface area contributed by atoms with Gasteiger partial charge in [0.15, 0.2) is 0 Å². The molecule has 1 aliphatic heterocycles. The largest absolute Gasteiger partial charge is 0.497 e. The Morgan fingerprint density at radius 3 is 2.24 bits per heavy atom. The van der Waals surface area contributed by atoms with Crippen LogP contribution in [0.25, 0.3) is 0 Å². The fourth-order valence-corrected chi connectivity index (χ4v) is 4.19. The first-order valence-electron chi connectivity index (χ1n) is 9.59. The molecule has 156 valence electrons. The molecule has 3 rings (SSSR count). The fraction of sp³-hybridized carbons (Fsp3) is 0.381. The molecular formula is C21H27N3O4S. The molecule has 1 heterocycles. The number of nitrogens with zero attached hydrogens (tertiary/aromatic N) is 2. The molecule has 29 heavy (non-hydrogen) atoms. The van der Waals surface area contributed by atoms with Crippen LogP contribution in [0.4, 0.5) is 11.4 Å². The lowest BCUT2D eigenvalue weighted by molar-refractivity contribution is -0.119.